The van der Waals surface area contributed by atoms with Gasteiger partial charge in [0.15, 0.2) is 11.5 Å². The van der Waals surface area contributed by atoms with E-state index in [1.165, 1.54) is 36.4 Å². The minimum Gasteiger partial charge on any atom is -0.457 e. The molecule has 3 heterocycles. The molecule has 2 amide bonds. The predicted octanol–water partition coefficient (Wildman–Crippen LogP) is 6.58. The van der Waals surface area contributed by atoms with E-state index in [4.69, 9.17) is 25.5 Å². The first-order valence-electron chi connectivity index (χ1n) is 9.80. The number of alkyl halides is 3. The summed E-state index contributed by atoms with van der Waals surface area (Å²) in [6.45, 7) is -0.0299. The third-order valence-corrected chi connectivity index (χ3v) is 6.40. The smallest absolute Gasteiger partial charge is 0.417 e. The fraction of sp³-hybridized carbons (Fsp3) is 0.130. The second kappa shape index (κ2) is 8.44. The second-order valence-electron chi connectivity index (χ2n) is 7.31. The van der Waals surface area contributed by atoms with E-state index in [-0.39, 0.29) is 35.3 Å². The van der Waals surface area contributed by atoms with Crippen LogP contribution in [0.2, 0.25) is 5.02 Å². The van der Waals surface area contributed by atoms with E-state index in [2.05, 4.69) is 0 Å². The molecule has 1 saturated heterocycles. The number of hydrogen-bond acceptors (Lipinski definition) is 6. The van der Waals surface area contributed by atoms with Crippen LogP contribution in [-0.4, -0.2) is 22.8 Å². The Bertz CT molecular complexity index is 1350. The summed E-state index contributed by atoms with van der Waals surface area (Å²) in [5.74, 6) is 0.495. The van der Waals surface area contributed by atoms with E-state index in [1.54, 1.807) is 12.1 Å². The first-order chi connectivity index (χ1) is 16.2. The van der Waals surface area contributed by atoms with Gasteiger partial charge >= 0.3 is 6.18 Å². The zero-order chi connectivity index (χ0) is 24.0. The first kappa shape index (κ1) is 22.4. The monoisotopic (exact) mass is 507 g/mol. The normalized spacial score (nSPS) is 16.7. The SMILES string of the molecule is O=C1S/C(=C/c2ccc(-c3ccccc3C(F)(F)F)o2)C(=O)N1Cc1cc2c(cc1Cl)OCO2. The summed E-state index contributed by atoms with van der Waals surface area (Å²) in [7, 11) is 0. The van der Waals surface area contributed by atoms with Crippen molar-refractivity contribution in [1.29, 1.82) is 0 Å². The van der Waals surface area contributed by atoms with Gasteiger partial charge in [0.2, 0.25) is 6.79 Å². The molecule has 0 bridgehead atoms. The Morgan fingerprint density at radius 2 is 1.79 bits per heavy atom. The topological polar surface area (TPSA) is 69.0 Å². The standard InChI is InChI=1S/C23H13ClF3NO5S/c24-16-9-19-18(31-11-32-19)7-12(16)10-28-21(29)20(34-22(28)30)8-13-5-6-17(33-13)14-3-1-2-4-15(14)23(25,26)27/h1-9H,10-11H2/b20-8+. The van der Waals surface area contributed by atoms with Gasteiger partial charge in [0.05, 0.1) is 17.0 Å². The summed E-state index contributed by atoms with van der Waals surface area (Å²) in [5, 5.41) is -0.203. The second-order valence-corrected chi connectivity index (χ2v) is 8.71. The van der Waals surface area contributed by atoms with Crippen LogP contribution in [-0.2, 0) is 17.5 Å². The number of hydrogen-bond donors (Lipinski definition) is 0. The van der Waals surface area contributed by atoms with Gasteiger partial charge in [-0.3, -0.25) is 14.5 Å². The molecular weight excluding hydrogens is 495 g/mol. The molecule has 174 valence electrons. The fourth-order valence-corrected chi connectivity index (χ4v) is 4.57. The quantitative estimate of drug-likeness (QED) is 0.371. The summed E-state index contributed by atoms with van der Waals surface area (Å²) in [5.41, 5.74) is -0.462. The molecular formula is C23H13ClF3NO5S. The summed E-state index contributed by atoms with van der Waals surface area (Å²) in [4.78, 5) is 26.4. The van der Waals surface area contributed by atoms with Gasteiger partial charge in [0.25, 0.3) is 11.1 Å². The molecule has 11 heteroatoms. The third kappa shape index (κ3) is 4.14. The van der Waals surface area contributed by atoms with E-state index in [9.17, 15) is 22.8 Å². The van der Waals surface area contributed by atoms with Gasteiger partial charge in [-0.05, 0) is 41.6 Å². The molecule has 0 saturated carbocycles. The number of amides is 2. The van der Waals surface area contributed by atoms with Crippen molar-refractivity contribution in [3.8, 4) is 22.8 Å². The minimum atomic E-state index is -4.55. The van der Waals surface area contributed by atoms with Crippen LogP contribution in [0.25, 0.3) is 17.4 Å². The van der Waals surface area contributed by atoms with Crippen LogP contribution in [0.5, 0.6) is 11.5 Å². The van der Waals surface area contributed by atoms with Crippen molar-refractivity contribution in [2.75, 3.05) is 6.79 Å². The van der Waals surface area contributed by atoms with Crippen LogP contribution in [0, 0.1) is 0 Å². The van der Waals surface area contributed by atoms with Gasteiger partial charge in [-0.15, -0.1) is 0 Å². The Morgan fingerprint density at radius 1 is 1.06 bits per heavy atom. The van der Waals surface area contributed by atoms with Gasteiger partial charge in [0, 0.05) is 22.7 Å². The van der Waals surface area contributed by atoms with Crippen LogP contribution in [0.1, 0.15) is 16.9 Å². The molecule has 0 unspecified atom stereocenters. The lowest BCUT2D eigenvalue weighted by atomic mass is 10.1. The number of nitrogens with zero attached hydrogens (tertiary/aromatic N) is 1. The Labute approximate surface area is 199 Å². The summed E-state index contributed by atoms with van der Waals surface area (Å²) >= 11 is 6.95. The highest BCUT2D eigenvalue weighted by molar-refractivity contribution is 8.18. The van der Waals surface area contributed by atoms with E-state index < -0.39 is 22.9 Å². The number of furan rings is 1. The highest BCUT2D eigenvalue weighted by Gasteiger charge is 2.37. The lowest BCUT2D eigenvalue weighted by Crippen LogP contribution is -2.27. The average Bonchev–Trinajstić information content (AvgIpc) is 3.50. The molecule has 3 aromatic rings. The Balaban J connectivity index is 1.38. The number of carbonyl (C=O) groups excluding carboxylic acids is 2. The van der Waals surface area contributed by atoms with Crippen LogP contribution in [0.15, 0.2) is 57.9 Å². The fourth-order valence-electron chi connectivity index (χ4n) is 3.54. The highest BCUT2D eigenvalue weighted by atomic mass is 35.5. The summed E-state index contributed by atoms with van der Waals surface area (Å²) in [6.07, 6.45) is -3.23. The van der Waals surface area contributed by atoms with Gasteiger partial charge in [-0.25, -0.2) is 0 Å². The van der Waals surface area contributed by atoms with Crippen molar-refractivity contribution in [1.82, 2.24) is 4.90 Å². The molecule has 1 aromatic heterocycles. The van der Waals surface area contributed by atoms with E-state index in [1.807, 2.05) is 0 Å². The highest BCUT2D eigenvalue weighted by Crippen LogP contribution is 2.40. The van der Waals surface area contributed by atoms with E-state index in [0.29, 0.717) is 33.8 Å². The molecule has 0 spiro atoms. The molecule has 0 aliphatic carbocycles. The number of fused-ring (bicyclic) bond motifs is 1. The molecule has 0 N–H and O–H groups in total. The summed E-state index contributed by atoms with van der Waals surface area (Å²) < 4.78 is 56.1. The van der Waals surface area contributed by atoms with Crippen molar-refractivity contribution < 1.29 is 36.7 Å². The van der Waals surface area contributed by atoms with Crippen LogP contribution >= 0.6 is 23.4 Å². The number of imide groups is 1. The third-order valence-electron chi connectivity index (χ3n) is 5.14. The van der Waals surface area contributed by atoms with Crippen molar-refractivity contribution in [2.45, 2.75) is 12.7 Å². The number of benzene rings is 2. The molecule has 0 atom stereocenters. The number of ether oxygens (including phenoxy) is 2. The van der Waals surface area contributed by atoms with E-state index >= 15 is 0 Å². The van der Waals surface area contributed by atoms with Gasteiger partial charge in [-0.1, -0.05) is 29.8 Å². The molecule has 1 fully saturated rings. The Kier molecular flexibility index (Phi) is 5.57. The average molecular weight is 508 g/mol. The number of carbonyl (C=O) groups is 2. The van der Waals surface area contributed by atoms with Gasteiger partial charge in [0.1, 0.15) is 11.5 Å². The Hall–Kier alpha value is -3.37. The molecule has 34 heavy (non-hydrogen) atoms. The number of halogens is 4. The van der Waals surface area contributed by atoms with E-state index in [0.717, 1.165) is 11.0 Å². The maximum absolute atomic E-state index is 13.3. The zero-order valence-electron chi connectivity index (χ0n) is 17.0. The Morgan fingerprint density at radius 3 is 2.56 bits per heavy atom. The molecule has 2 aliphatic heterocycles. The molecule has 2 aliphatic rings. The largest absolute Gasteiger partial charge is 0.457 e. The molecule has 0 radical (unpaired) electrons. The van der Waals surface area contributed by atoms with Gasteiger partial charge < -0.3 is 13.9 Å². The van der Waals surface area contributed by atoms with Crippen LogP contribution < -0.4 is 9.47 Å². The summed E-state index contributed by atoms with van der Waals surface area (Å²) in [6, 6.07) is 11.0. The molecule has 2 aromatic carbocycles. The van der Waals surface area contributed by atoms with Crippen molar-refractivity contribution in [3.63, 3.8) is 0 Å². The van der Waals surface area contributed by atoms with Crippen molar-refractivity contribution in [3.05, 3.63) is 75.3 Å². The maximum atomic E-state index is 13.3. The van der Waals surface area contributed by atoms with Gasteiger partial charge in [-0.2, -0.15) is 13.2 Å². The lowest BCUT2D eigenvalue weighted by Gasteiger charge is -2.14. The number of rotatable bonds is 4. The van der Waals surface area contributed by atoms with Crippen LogP contribution in [0.3, 0.4) is 0 Å². The first-order valence-corrected chi connectivity index (χ1v) is 11.0. The predicted molar refractivity (Wildman–Crippen MR) is 118 cm³/mol. The zero-order valence-corrected chi connectivity index (χ0v) is 18.6. The number of thioether (sulfide) groups is 1. The van der Waals surface area contributed by atoms with Crippen LogP contribution in [0.4, 0.5) is 18.0 Å². The van der Waals surface area contributed by atoms with Crippen molar-refractivity contribution in [2.24, 2.45) is 0 Å². The molecule has 5 rings (SSSR count). The van der Waals surface area contributed by atoms with Crippen molar-refractivity contribution >= 4 is 40.6 Å². The minimum absolute atomic E-state index is 0.00875. The molecule has 6 nitrogen and oxygen atoms in total. The maximum Gasteiger partial charge on any atom is 0.417 e. The lowest BCUT2D eigenvalue weighted by molar-refractivity contribution is -0.137.